The summed E-state index contributed by atoms with van der Waals surface area (Å²) in [6, 6.07) is 8.11. The number of nitrogens with one attached hydrogen (secondary N) is 1. The topological polar surface area (TPSA) is 71.5 Å². The molecule has 1 heterocycles. The number of carboxylic acid groups (broad SMARTS) is 1. The summed E-state index contributed by atoms with van der Waals surface area (Å²) in [7, 11) is 1.55. The highest BCUT2D eigenvalue weighted by molar-refractivity contribution is 9.10. The van der Waals surface area contributed by atoms with Crippen molar-refractivity contribution in [3.05, 3.63) is 45.5 Å². The van der Waals surface area contributed by atoms with Crippen LogP contribution in [-0.2, 0) is 0 Å². The van der Waals surface area contributed by atoms with Crippen molar-refractivity contribution in [2.24, 2.45) is 0 Å². The number of pyridine rings is 1. The molecule has 0 aliphatic heterocycles. The SMILES string of the molecule is COc1ccc(Br)c(Nc2nc(Cl)ccc2C(=O)O)c1. The first-order valence-corrected chi connectivity index (χ1v) is 6.68. The lowest BCUT2D eigenvalue weighted by Crippen LogP contribution is -2.05. The number of benzene rings is 1. The molecule has 0 bridgehead atoms. The van der Waals surface area contributed by atoms with E-state index in [1.165, 1.54) is 12.1 Å². The molecular weight excluding hydrogens is 348 g/mol. The summed E-state index contributed by atoms with van der Waals surface area (Å²) in [5, 5.41) is 12.3. The molecule has 2 rings (SSSR count). The van der Waals surface area contributed by atoms with Gasteiger partial charge in [0, 0.05) is 10.5 Å². The lowest BCUT2D eigenvalue weighted by Gasteiger charge is -2.11. The zero-order valence-corrected chi connectivity index (χ0v) is 12.7. The fourth-order valence-electron chi connectivity index (χ4n) is 1.56. The van der Waals surface area contributed by atoms with Crippen molar-refractivity contribution in [1.29, 1.82) is 0 Å². The van der Waals surface area contributed by atoms with Crippen molar-refractivity contribution in [2.45, 2.75) is 0 Å². The Labute approximate surface area is 128 Å². The second-order valence-corrected chi connectivity index (χ2v) is 5.05. The fraction of sp³-hybridized carbons (Fsp3) is 0.0769. The Morgan fingerprint density at radius 3 is 2.80 bits per heavy atom. The molecule has 0 fully saturated rings. The molecule has 1 aromatic carbocycles. The maximum absolute atomic E-state index is 11.2. The van der Waals surface area contributed by atoms with E-state index in [1.54, 1.807) is 25.3 Å². The number of nitrogens with zero attached hydrogens (tertiary/aromatic N) is 1. The van der Waals surface area contributed by atoms with E-state index >= 15 is 0 Å². The van der Waals surface area contributed by atoms with Crippen LogP contribution >= 0.6 is 27.5 Å². The van der Waals surface area contributed by atoms with Gasteiger partial charge in [-0.2, -0.15) is 0 Å². The Bertz CT molecular complexity index is 664. The number of aromatic nitrogens is 1. The highest BCUT2D eigenvalue weighted by Crippen LogP contribution is 2.30. The van der Waals surface area contributed by atoms with E-state index in [9.17, 15) is 4.79 Å². The molecule has 0 spiro atoms. The zero-order valence-electron chi connectivity index (χ0n) is 10.4. The number of anilines is 2. The largest absolute Gasteiger partial charge is 0.497 e. The van der Waals surface area contributed by atoms with Crippen LogP contribution in [0.2, 0.25) is 5.15 Å². The molecule has 104 valence electrons. The number of ether oxygens (including phenoxy) is 1. The normalized spacial score (nSPS) is 10.2. The first-order chi connectivity index (χ1) is 9.51. The number of aromatic carboxylic acids is 1. The van der Waals surface area contributed by atoms with Gasteiger partial charge in [0.25, 0.3) is 0 Å². The van der Waals surface area contributed by atoms with Gasteiger partial charge in [-0.3, -0.25) is 0 Å². The summed E-state index contributed by atoms with van der Waals surface area (Å²) in [4.78, 5) is 15.2. The van der Waals surface area contributed by atoms with Crippen molar-refractivity contribution in [2.75, 3.05) is 12.4 Å². The third-order valence-electron chi connectivity index (χ3n) is 2.52. The van der Waals surface area contributed by atoms with Crippen LogP contribution < -0.4 is 10.1 Å². The first-order valence-electron chi connectivity index (χ1n) is 5.51. The van der Waals surface area contributed by atoms with Crippen molar-refractivity contribution >= 4 is 45.0 Å². The molecule has 7 heteroatoms. The van der Waals surface area contributed by atoms with Crippen LogP contribution in [0.5, 0.6) is 5.75 Å². The summed E-state index contributed by atoms with van der Waals surface area (Å²) in [6.07, 6.45) is 0. The molecule has 1 aromatic heterocycles. The zero-order chi connectivity index (χ0) is 14.7. The summed E-state index contributed by atoms with van der Waals surface area (Å²) in [6.45, 7) is 0. The molecule has 2 aromatic rings. The van der Waals surface area contributed by atoms with Gasteiger partial charge in [0.2, 0.25) is 0 Å². The average Bonchev–Trinajstić information content (AvgIpc) is 2.41. The van der Waals surface area contributed by atoms with E-state index < -0.39 is 5.97 Å². The average molecular weight is 358 g/mol. The van der Waals surface area contributed by atoms with Gasteiger partial charge in [-0.1, -0.05) is 11.6 Å². The van der Waals surface area contributed by atoms with Gasteiger partial charge >= 0.3 is 5.97 Å². The second-order valence-electron chi connectivity index (χ2n) is 3.81. The van der Waals surface area contributed by atoms with E-state index in [-0.39, 0.29) is 16.5 Å². The molecule has 5 nitrogen and oxygen atoms in total. The molecule has 0 unspecified atom stereocenters. The lowest BCUT2D eigenvalue weighted by molar-refractivity contribution is 0.0697. The summed E-state index contributed by atoms with van der Waals surface area (Å²) >= 11 is 9.18. The van der Waals surface area contributed by atoms with Gasteiger partial charge in [-0.25, -0.2) is 9.78 Å². The van der Waals surface area contributed by atoms with Crippen LogP contribution in [-0.4, -0.2) is 23.2 Å². The second kappa shape index (κ2) is 6.11. The maximum Gasteiger partial charge on any atom is 0.339 e. The minimum Gasteiger partial charge on any atom is -0.497 e. The Morgan fingerprint density at radius 2 is 2.15 bits per heavy atom. The lowest BCUT2D eigenvalue weighted by atomic mass is 10.2. The maximum atomic E-state index is 11.2. The molecule has 0 saturated heterocycles. The van der Waals surface area contributed by atoms with E-state index in [2.05, 4.69) is 26.2 Å². The molecule has 0 aliphatic carbocycles. The van der Waals surface area contributed by atoms with Crippen molar-refractivity contribution in [3.8, 4) is 5.75 Å². The van der Waals surface area contributed by atoms with Crippen LogP contribution in [0, 0.1) is 0 Å². The van der Waals surface area contributed by atoms with E-state index in [1.807, 2.05) is 0 Å². The number of hydrogen-bond donors (Lipinski definition) is 2. The monoisotopic (exact) mass is 356 g/mol. The Hall–Kier alpha value is -1.79. The molecule has 0 radical (unpaired) electrons. The van der Waals surface area contributed by atoms with E-state index in [4.69, 9.17) is 21.4 Å². The molecular formula is C13H10BrClN2O3. The third-order valence-corrected chi connectivity index (χ3v) is 3.42. The van der Waals surface area contributed by atoms with Crippen LogP contribution in [0.4, 0.5) is 11.5 Å². The highest BCUT2D eigenvalue weighted by atomic mass is 79.9. The predicted molar refractivity (Wildman–Crippen MR) is 80.2 cm³/mol. The number of hydrogen-bond acceptors (Lipinski definition) is 4. The Balaban J connectivity index is 2.43. The minimum atomic E-state index is -1.09. The van der Waals surface area contributed by atoms with Crippen LogP contribution in [0.25, 0.3) is 0 Å². The number of carboxylic acids is 1. The van der Waals surface area contributed by atoms with Crippen molar-refractivity contribution in [1.82, 2.24) is 4.98 Å². The molecule has 0 amide bonds. The number of methoxy groups -OCH3 is 1. The highest BCUT2D eigenvalue weighted by Gasteiger charge is 2.13. The number of rotatable bonds is 4. The Kier molecular flexibility index (Phi) is 4.46. The minimum absolute atomic E-state index is 0.0316. The third kappa shape index (κ3) is 3.20. The predicted octanol–water partition coefficient (Wildman–Crippen LogP) is 3.95. The van der Waals surface area contributed by atoms with Gasteiger partial charge in [0.05, 0.1) is 12.8 Å². The van der Waals surface area contributed by atoms with Crippen LogP contribution in [0.15, 0.2) is 34.8 Å². The smallest absolute Gasteiger partial charge is 0.339 e. The van der Waals surface area contributed by atoms with Crippen LogP contribution in [0.1, 0.15) is 10.4 Å². The molecule has 2 N–H and O–H groups in total. The first kappa shape index (κ1) is 14.6. The van der Waals surface area contributed by atoms with Crippen LogP contribution in [0.3, 0.4) is 0 Å². The molecule has 0 atom stereocenters. The molecule has 0 saturated carbocycles. The van der Waals surface area contributed by atoms with Gasteiger partial charge in [0.15, 0.2) is 0 Å². The summed E-state index contributed by atoms with van der Waals surface area (Å²) in [5.74, 6) is -0.288. The summed E-state index contributed by atoms with van der Waals surface area (Å²) in [5.41, 5.74) is 0.658. The summed E-state index contributed by atoms with van der Waals surface area (Å²) < 4.78 is 5.87. The fourth-order valence-corrected chi connectivity index (χ4v) is 2.05. The van der Waals surface area contributed by atoms with Gasteiger partial charge in [0.1, 0.15) is 22.3 Å². The molecule has 20 heavy (non-hydrogen) atoms. The molecule has 0 aliphatic rings. The van der Waals surface area contributed by atoms with E-state index in [0.717, 1.165) is 4.47 Å². The van der Waals surface area contributed by atoms with E-state index in [0.29, 0.717) is 11.4 Å². The van der Waals surface area contributed by atoms with Crippen molar-refractivity contribution < 1.29 is 14.6 Å². The standard InChI is InChI=1S/C13H10BrClN2O3/c1-20-7-2-4-9(14)10(6-7)16-12-8(13(18)19)3-5-11(15)17-12/h2-6H,1H3,(H,16,17)(H,18,19). The number of carbonyl (C=O) groups is 1. The van der Waals surface area contributed by atoms with Gasteiger partial charge < -0.3 is 15.2 Å². The quantitative estimate of drug-likeness (QED) is 0.811. The van der Waals surface area contributed by atoms with Gasteiger partial charge in [-0.05, 0) is 40.2 Å². The number of halogens is 2. The Morgan fingerprint density at radius 1 is 1.40 bits per heavy atom. The van der Waals surface area contributed by atoms with Gasteiger partial charge in [-0.15, -0.1) is 0 Å². The van der Waals surface area contributed by atoms with Crippen molar-refractivity contribution in [3.63, 3.8) is 0 Å².